The average molecular weight is 439 g/mol. The zero-order valence-corrected chi connectivity index (χ0v) is 18.6. The Labute approximate surface area is 183 Å². The van der Waals surface area contributed by atoms with Gasteiger partial charge in [0.05, 0.1) is 6.20 Å². The van der Waals surface area contributed by atoms with E-state index in [0.717, 1.165) is 29.2 Å². The molecule has 3 rings (SSSR count). The van der Waals surface area contributed by atoms with E-state index in [9.17, 15) is 4.79 Å². The predicted octanol–water partition coefficient (Wildman–Crippen LogP) is 3.53. The number of benzene rings is 1. The molecule has 0 fully saturated rings. The molecule has 1 unspecified atom stereocenters. The zero-order valence-electron chi connectivity index (χ0n) is 17.0. The Morgan fingerprint density at radius 3 is 2.62 bits per heavy atom. The third-order valence-electron chi connectivity index (χ3n) is 4.42. The van der Waals surface area contributed by atoms with Crippen LogP contribution in [0.25, 0.3) is 0 Å². The van der Waals surface area contributed by atoms with E-state index in [-0.39, 0.29) is 30.7 Å². The van der Waals surface area contributed by atoms with Crippen LogP contribution in [0.3, 0.4) is 0 Å². The Morgan fingerprint density at radius 2 is 2.00 bits per heavy atom. The lowest BCUT2D eigenvalue weighted by molar-refractivity contribution is -0.118. The summed E-state index contributed by atoms with van der Waals surface area (Å²) in [6, 6.07) is 7.45. The molecule has 0 bridgehead atoms. The lowest BCUT2D eigenvalue weighted by Crippen LogP contribution is -2.30. The minimum atomic E-state index is -0.455. The highest BCUT2D eigenvalue weighted by Crippen LogP contribution is 2.18. The summed E-state index contributed by atoms with van der Waals surface area (Å²) in [6.07, 6.45) is 7.35. The van der Waals surface area contributed by atoms with E-state index in [1.165, 1.54) is 0 Å². The van der Waals surface area contributed by atoms with Crippen LogP contribution >= 0.6 is 24.8 Å². The van der Waals surface area contributed by atoms with E-state index in [1.807, 2.05) is 43.8 Å². The quantitative estimate of drug-likeness (QED) is 0.591. The molecule has 7 nitrogen and oxygen atoms in total. The van der Waals surface area contributed by atoms with Gasteiger partial charge >= 0.3 is 0 Å². The number of halogens is 2. The molecule has 3 aromatic rings. The number of likely N-dealkylation sites (N-methyl/N-ethyl adjacent to an activating group) is 1. The number of hydrogen-bond acceptors (Lipinski definition) is 4. The highest BCUT2D eigenvalue weighted by Gasteiger charge is 2.20. The maximum Gasteiger partial charge on any atom is 0.246 e. The van der Waals surface area contributed by atoms with Crippen molar-refractivity contribution in [3.8, 4) is 0 Å². The van der Waals surface area contributed by atoms with E-state index in [4.69, 9.17) is 0 Å². The molecule has 0 spiro atoms. The van der Waals surface area contributed by atoms with Gasteiger partial charge in [0.2, 0.25) is 5.91 Å². The van der Waals surface area contributed by atoms with Gasteiger partial charge in [0.15, 0.2) is 0 Å². The first-order valence-corrected chi connectivity index (χ1v) is 9.04. The number of carbonyl (C=O) groups is 1. The maximum atomic E-state index is 12.7. The Bertz CT molecular complexity index is 921. The van der Waals surface area contributed by atoms with Crippen LogP contribution in [0.4, 0.5) is 5.69 Å². The Kier molecular flexibility index (Phi) is 9.36. The molecule has 0 radical (unpaired) electrons. The van der Waals surface area contributed by atoms with E-state index in [1.54, 1.807) is 17.9 Å². The third kappa shape index (κ3) is 6.06. The third-order valence-corrected chi connectivity index (χ3v) is 4.42. The summed E-state index contributed by atoms with van der Waals surface area (Å²) >= 11 is 0. The van der Waals surface area contributed by atoms with Crippen LogP contribution in [0.1, 0.15) is 42.8 Å². The Morgan fingerprint density at radius 1 is 1.24 bits per heavy atom. The summed E-state index contributed by atoms with van der Waals surface area (Å²) in [5, 5.41) is 10.2. The Hall–Kier alpha value is -2.35. The van der Waals surface area contributed by atoms with E-state index >= 15 is 0 Å². The van der Waals surface area contributed by atoms with Crippen molar-refractivity contribution in [2.75, 3.05) is 12.4 Å². The highest BCUT2D eigenvalue weighted by molar-refractivity contribution is 5.95. The summed E-state index contributed by atoms with van der Waals surface area (Å²) in [5.41, 5.74) is 2.71. The van der Waals surface area contributed by atoms with Crippen molar-refractivity contribution in [3.05, 3.63) is 66.0 Å². The van der Waals surface area contributed by atoms with Gasteiger partial charge in [-0.05, 0) is 24.7 Å². The van der Waals surface area contributed by atoms with Gasteiger partial charge < -0.3 is 15.2 Å². The second kappa shape index (κ2) is 11.0. The van der Waals surface area contributed by atoms with Gasteiger partial charge in [0, 0.05) is 49.4 Å². The molecule has 2 aromatic heterocycles. The van der Waals surface area contributed by atoms with Gasteiger partial charge in [0.25, 0.3) is 0 Å². The van der Waals surface area contributed by atoms with Crippen LogP contribution < -0.4 is 10.6 Å². The lowest BCUT2D eigenvalue weighted by atomic mass is 10.1. The smallest absolute Gasteiger partial charge is 0.246 e. The van der Waals surface area contributed by atoms with Crippen LogP contribution in [0.15, 0.2) is 49.1 Å². The van der Waals surface area contributed by atoms with Crippen molar-refractivity contribution >= 4 is 36.4 Å². The molecule has 0 aliphatic heterocycles. The van der Waals surface area contributed by atoms with Crippen molar-refractivity contribution in [3.63, 3.8) is 0 Å². The topological polar surface area (TPSA) is 76.8 Å². The fraction of sp³-hybridized carbons (Fsp3) is 0.350. The second-order valence-corrected chi connectivity index (χ2v) is 6.93. The minimum absolute atomic E-state index is 0. The van der Waals surface area contributed by atoms with Gasteiger partial charge in [-0.25, -0.2) is 4.98 Å². The first-order chi connectivity index (χ1) is 13.0. The van der Waals surface area contributed by atoms with Crippen LogP contribution in [-0.2, 0) is 18.4 Å². The fourth-order valence-corrected chi connectivity index (χ4v) is 3.15. The summed E-state index contributed by atoms with van der Waals surface area (Å²) in [6.45, 7) is 4.98. The highest BCUT2D eigenvalue weighted by atomic mass is 35.5. The van der Waals surface area contributed by atoms with Crippen molar-refractivity contribution in [2.24, 2.45) is 7.05 Å². The zero-order chi connectivity index (χ0) is 19.4. The second-order valence-electron chi connectivity index (χ2n) is 6.93. The molecule has 158 valence electrons. The van der Waals surface area contributed by atoms with Crippen molar-refractivity contribution in [1.29, 1.82) is 0 Å². The first-order valence-electron chi connectivity index (χ1n) is 9.04. The lowest BCUT2D eigenvalue weighted by Gasteiger charge is -2.15. The first kappa shape index (κ1) is 24.7. The van der Waals surface area contributed by atoms with Gasteiger partial charge in [-0.15, -0.1) is 24.8 Å². The van der Waals surface area contributed by atoms with Crippen LogP contribution in [0.2, 0.25) is 0 Å². The maximum absolute atomic E-state index is 12.7. The summed E-state index contributed by atoms with van der Waals surface area (Å²) in [4.78, 5) is 17.1. The van der Waals surface area contributed by atoms with Gasteiger partial charge in [-0.3, -0.25) is 9.48 Å². The van der Waals surface area contributed by atoms with Crippen LogP contribution in [-0.4, -0.2) is 32.3 Å². The summed E-state index contributed by atoms with van der Waals surface area (Å²) in [7, 11) is 3.60. The van der Waals surface area contributed by atoms with Crippen molar-refractivity contribution < 1.29 is 4.79 Å². The number of imidazole rings is 1. The number of amides is 1. The monoisotopic (exact) mass is 438 g/mol. The average Bonchev–Trinajstić information content (AvgIpc) is 3.25. The number of aryl methyl sites for hydroxylation is 1. The number of aromatic nitrogens is 4. The molecule has 0 saturated carbocycles. The molecule has 2 N–H and O–H groups in total. The molecule has 1 amide bonds. The standard InChI is InChI=1S/C20H26N6O.2ClH/c1-14(2)19-22-8-9-26(19)12-15-6-5-7-17(10-15)24-20(27)18(21-3)16-11-23-25(4)13-16;;/h5-11,13-14,18,21H,12H2,1-4H3,(H,24,27);2*1H. The number of rotatable bonds is 7. The van der Waals surface area contributed by atoms with Crippen molar-refractivity contribution in [2.45, 2.75) is 32.4 Å². The number of carbonyl (C=O) groups excluding carboxylic acids is 1. The van der Waals surface area contributed by atoms with Crippen LogP contribution in [0.5, 0.6) is 0 Å². The Balaban J connectivity index is 0.00000210. The molecule has 0 aliphatic rings. The largest absolute Gasteiger partial charge is 0.330 e. The van der Waals surface area contributed by atoms with Gasteiger partial charge in [0.1, 0.15) is 11.9 Å². The number of anilines is 1. The molecule has 1 aromatic carbocycles. The fourth-order valence-electron chi connectivity index (χ4n) is 3.15. The number of hydrogen-bond donors (Lipinski definition) is 2. The number of nitrogens with zero attached hydrogens (tertiary/aromatic N) is 4. The van der Waals surface area contributed by atoms with E-state index in [2.05, 4.69) is 45.2 Å². The molecule has 2 heterocycles. The molecule has 29 heavy (non-hydrogen) atoms. The van der Waals surface area contributed by atoms with E-state index in [0.29, 0.717) is 5.92 Å². The minimum Gasteiger partial charge on any atom is -0.330 e. The van der Waals surface area contributed by atoms with Crippen LogP contribution in [0, 0.1) is 0 Å². The molecular weight excluding hydrogens is 411 g/mol. The van der Waals surface area contributed by atoms with Crippen molar-refractivity contribution in [1.82, 2.24) is 24.6 Å². The number of nitrogens with one attached hydrogen (secondary N) is 2. The molecular formula is C20H28Cl2N6O. The van der Waals surface area contributed by atoms with Gasteiger partial charge in [-0.2, -0.15) is 5.10 Å². The normalized spacial score (nSPS) is 11.5. The molecule has 0 aliphatic carbocycles. The SMILES string of the molecule is CNC(C(=O)Nc1cccc(Cn2ccnc2C(C)C)c1)c1cnn(C)c1.Cl.Cl. The molecule has 0 saturated heterocycles. The van der Waals surface area contributed by atoms with Gasteiger partial charge in [-0.1, -0.05) is 26.0 Å². The predicted molar refractivity (Wildman–Crippen MR) is 120 cm³/mol. The molecule has 9 heteroatoms. The molecule has 1 atom stereocenters. The van der Waals surface area contributed by atoms with E-state index < -0.39 is 6.04 Å². The summed E-state index contributed by atoms with van der Waals surface area (Å²) in [5.74, 6) is 1.29. The summed E-state index contributed by atoms with van der Waals surface area (Å²) < 4.78 is 3.82.